The Morgan fingerprint density at radius 1 is 1.36 bits per heavy atom. The minimum absolute atomic E-state index is 0.0625. The molecule has 1 saturated heterocycles. The number of hydrogen-bond acceptors (Lipinski definition) is 6. The lowest BCUT2D eigenvalue weighted by molar-refractivity contribution is 0.146. The van der Waals surface area contributed by atoms with Crippen LogP contribution in [0.25, 0.3) is 11.4 Å². The van der Waals surface area contributed by atoms with Crippen molar-refractivity contribution < 1.29 is 9.53 Å². The lowest BCUT2D eigenvalue weighted by Crippen LogP contribution is -2.48. The van der Waals surface area contributed by atoms with Crippen LogP contribution in [0.4, 0.5) is 10.6 Å². The van der Waals surface area contributed by atoms with E-state index in [1.807, 2.05) is 25.1 Å². The molecule has 0 aromatic carbocycles. The summed E-state index contributed by atoms with van der Waals surface area (Å²) in [4.78, 5) is 27.2. The summed E-state index contributed by atoms with van der Waals surface area (Å²) in [6.07, 6.45) is 5.05. The Morgan fingerprint density at radius 3 is 2.92 bits per heavy atom. The van der Waals surface area contributed by atoms with E-state index in [9.17, 15) is 4.79 Å². The number of carbonyl (C=O) groups is 1. The van der Waals surface area contributed by atoms with Crippen molar-refractivity contribution in [1.82, 2.24) is 20.3 Å². The lowest BCUT2D eigenvalue weighted by Gasteiger charge is -2.34. The second-order valence-electron chi connectivity index (χ2n) is 6.08. The quantitative estimate of drug-likeness (QED) is 0.920. The Kier molecular flexibility index (Phi) is 5.42. The van der Waals surface area contributed by atoms with E-state index >= 15 is 0 Å². The number of aromatic nitrogens is 3. The Balaban J connectivity index is 1.77. The zero-order valence-electron chi connectivity index (χ0n) is 14.6. The van der Waals surface area contributed by atoms with Crippen LogP contribution in [0.3, 0.4) is 0 Å². The second-order valence-corrected chi connectivity index (χ2v) is 6.08. The van der Waals surface area contributed by atoms with Gasteiger partial charge in [-0.15, -0.1) is 0 Å². The molecule has 1 aliphatic heterocycles. The molecule has 0 saturated carbocycles. The van der Waals surface area contributed by atoms with E-state index in [1.54, 1.807) is 19.3 Å². The highest BCUT2D eigenvalue weighted by Crippen LogP contribution is 2.22. The van der Waals surface area contributed by atoms with E-state index in [4.69, 9.17) is 9.72 Å². The van der Waals surface area contributed by atoms with Crippen molar-refractivity contribution in [2.75, 3.05) is 24.6 Å². The number of hydrogen-bond donors (Lipinski definition) is 1. The first-order valence-electron chi connectivity index (χ1n) is 8.60. The molecule has 1 aliphatic rings. The number of piperidine rings is 1. The first kappa shape index (κ1) is 17.1. The summed E-state index contributed by atoms with van der Waals surface area (Å²) in [6.45, 7) is 5.77. The van der Waals surface area contributed by atoms with E-state index in [-0.39, 0.29) is 12.1 Å². The third kappa shape index (κ3) is 4.43. The highest BCUT2D eigenvalue weighted by molar-refractivity contribution is 5.67. The Morgan fingerprint density at radius 2 is 2.16 bits per heavy atom. The van der Waals surface area contributed by atoms with E-state index in [1.165, 1.54) is 0 Å². The molecule has 2 aromatic rings. The van der Waals surface area contributed by atoms with Gasteiger partial charge >= 0.3 is 6.09 Å². The zero-order valence-corrected chi connectivity index (χ0v) is 14.6. The first-order valence-corrected chi connectivity index (χ1v) is 8.60. The number of rotatable bonds is 4. The summed E-state index contributed by atoms with van der Waals surface area (Å²) in [6, 6.07) is 5.85. The molecule has 0 aliphatic carbocycles. The maximum Gasteiger partial charge on any atom is 0.407 e. The molecule has 1 fully saturated rings. The van der Waals surface area contributed by atoms with Crippen LogP contribution in [-0.4, -0.2) is 46.8 Å². The number of anilines is 1. The molecule has 0 unspecified atom stereocenters. The molecule has 1 amide bonds. The first-order chi connectivity index (χ1) is 12.2. The number of aryl methyl sites for hydroxylation is 1. The molecule has 132 valence electrons. The van der Waals surface area contributed by atoms with Gasteiger partial charge in [0.15, 0.2) is 5.82 Å². The van der Waals surface area contributed by atoms with Gasteiger partial charge in [0.1, 0.15) is 5.82 Å². The molecular formula is C18H23N5O2. The van der Waals surface area contributed by atoms with Crippen LogP contribution in [0, 0.1) is 6.92 Å². The van der Waals surface area contributed by atoms with Gasteiger partial charge < -0.3 is 15.0 Å². The predicted molar refractivity (Wildman–Crippen MR) is 95.4 cm³/mol. The van der Waals surface area contributed by atoms with E-state index in [0.29, 0.717) is 19.0 Å². The van der Waals surface area contributed by atoms with Crippen LogP contribution in [0.15, 0.2) is 30.6 Å². The largest absolute Gasteiger partial charge is 0.450 e. The molecule has 3 rings (SSSR count). The van der Waals surface area contributed by atoms with Gasteiger partial charge in [0.05, 0.1) is 6.61 Å². The summed E-state index contributed by atoms with van der Waals surface area (Å²) in [5, 5.41) is 2.93. The van der Waals surface area contributed by atoms with Crippen molar-refractivity contribution in [2.45, 2.75) is 32.7 Å². The molecule has 1 N–H and O–H groups in total. The average molecular weight is 341 g/mol. The number of amides is 1. The van der Waals surface area contributed by atoms with Gasteiger partial charge in [0, 0.05) is 48.8 Å². The van der Waals surface area contributed by atoms with Crippen LogP contribution in [0.1, 0.15) is 25.5 Å². The van der Waals surface area contributed by atoms with Crippen LogP contribution in [-0.2, 0) is 4.74 Å². The smallest absolute Gasteiger partial charge is 0.407 e. The number of nitrogens with one attached hydrogen (secondary N) is 1. The molecule has 7 heteroatoms. The topological polar surface area (TPSA) is 80.2 Å². The highest BCUT2D eigenvalue weighted by Gasteiger charge is 2.23. The van der Waals surface area contributed by atoms with Crippen LogP contribution < -0.4 is 10.2 Å². The van der Waals surface area contributed by atoms with Crippen molar-refractivity contribution in [3.05, 3.63) is 36.3 Å². The predicted octanol–water partition coefficient (Wildman–Crippen LogP) is 2.56. The molecular weight excluding hydrogens is 318 g/mol. The summed E-state index contributed by atoms with van der Waals surface area (Å²) in [5.41, 5.74) is 1.86. The number of ether oxygens (including phenoxy) is 1. The van der Waals surface area contributed by atoms with Crippen molar-refractivity contribution in [2.24, 2.45) is 0 Å². The summed E-state index contributed by atoms with van der Waals surface area (Å²) in [5.74, 6) is 1.58. The summed E-state index contributed by atoms with van der Waals surface area (Å²) >= 11 is 0. The van der Waals surface area contributed by atoms with Gasteiger partial charge in [-0.25, -0.2) is 14.8 Å². The number of carbonyl (C=O) groups excluding carboxylic acids is 1. The molecule has 25 heavy (non-hydrogen) atoms. The van der Waals surface area contributed by atoms with Gasteiger partial charge in [0.25, 0.3) is 0 Å². The third-order valence-corrected chi connectivity index (χ3v) is 4.12. The minimum atomic E-state index is -0.356. The van der Waals surface area contributed by atoms with Gasteiger partial charge in [-0.3, -0.25) is 4.98 Å². The maximum atomic E-state index is 11.7. The third-order valence-electron chi connectivity index (χ3n) is 4.12. The zero-order chi connectivity index (χ0) is 17.6. The standard InChI is InChI=1S/C18H23N5O2/c1-3-25-18(24)21-15-5-4-10-23(12-15)16-11-13(2)20-17(22-16)14-6-8-19-9-7-14/h6-9,11,15H,3-5,10,12H2,1-2H3,(H,21,24)/t15-/m0/s1. The molecule has 0 spiro atoms. The Hall–Kier alpha value is -2.70. The molecule has 3 heterocycles. The van der Waals surface area contributed by atoms with Gasteiger partial charge in [-0.1, -0.05) is 0 Å². The van der Waals surface area contributed by atoms with Crippen molar-refractivity contribution in [3.8, 4) is 11.4 Å². The minimum Gasteiger partial charge on any atom is -0.450 e. The normalized spacial score (nSPS) is 17.2. The molecule has 0 radical (unpaired) electrons. The average Bonchev–Trinajstić information content (AvgIpc) is 2.62. The van der Waals surface area contributed by atoms with Gasteiger partial charge in [-0.05, 0) is 38.8 Å². The van der Waals surface area contributed by atoms with Crippen molar-refractivity contribution >= 4 is 11.9 Å². The number of pyridine rings is 1. The monoisotopic (exact) mass is 341 g/mol. The van der Waals surface area contributed by atoms with Crippen molar-refractivity contribution in [3.63, 3.8) is 0 Å². The molecule has 1 atom stereocenters. The van der Waals surface area contributed by atoms with E-state index < -0.39 is 0 Å². The van der Waals surface area contributed by atoms with E-state index in [0.717, 1.165) is 36.5 Å². The fourth-order valence-corrected chi connectivity index (χ4v) is 2.99. The Labute approximate surface area is 147 Å². The lowest BCUT2D eigenvalue weighted by atomic mass is 10.1. The van der Waals surface area contributed by atoms with Crippen molar-refractivity contribution in [1.29, 1.82) is 0 Å². The van der Waals surface area contributed by atoms with E-state index in [2.05, 4.69) is 20.2 Å². The maximum absolute atomic E-state index is 11.7. The highest BCUT2D eigenvalue weighted by atomic mass is 16.5. The number of alkyl carbamates (subject to hydrolysis) is 1. The fourth-order valence-electron chi connectivity index (χ4n) is 2.99. The van der Waals surface area contributed by atoms with Crippen LogP contribution >= 0.6 is 0 Å². The molecule has 7 nitrogen and oxygen atoms in total. The number of nitrogens with zero attached hydrogens (tertiary/aromatic N) is 4. The van der Waals surface area contributed by atoms with Gasteiger partial charge in [0.2, 0.25) is 0 Å². The van der Waals surface area contributed by atoms with Crippen LogP contribution in [0.5, 0.6) is 0 Å². The van der Waals surface area contributed by atoms with Gasteiger partial charge in [-0.2, -0.15) is 0 Å². The fraction of sp³-hybridized carbons (Fsp3) is 0.444. The second kappa shape index (κ2) is 7.92. The van der Waals surface area contributed by atoms with Crippen LogP contribution in [0.2, 0.25) is 0 Å². The molecule has 0 bridgehead atoms. The summed E-state index contributed by atoms with van der Waals surface area (Å²) in [7, 11) is 0. The Bertz CT molecular complexity index is 723. The SMILES string of the molecule is CCOC(=O)N[C@H]1CCCN(c2cc(C)nc(-c3ccncc3)n2)C1. The molecule has 2 aromatic heterocycles. The summed E-state index contributed by atoms with van der Waals surface area (Å²) < 4.78 is 4.98.